The summed E-state index contributed by atoms with van der Waals surface area (Å²) in [5.41, 5.74) is 4.01. The maximum atomic E-state index is 13.0. The Labute approximate surface area is 200 Å². The zero-order valence-electron chi connectivity index (χ0n) is 18.7. The highest BCUT2D eigenvalue weighted by atomic mass is 35.5. The largest absolute Gasteiger partial charge is 0.497 e. The van der Waals surface area contributed by atoms with Gasteiger partial charge in [0, 0.05) is 34.1 Å². The van der Waals surface area contributed by atoms with Gasteiger partial charge < -0.3 is 19.5 Å². The number of benzene rings is 3. The minimum atomic E-state index is -2.95. The number of aryl methyl sites for hydroxylation is 1. The number of halogens is 3. The van der Waals surface area contributed by atoms with Crippen molar-refractivity contribution in [1.82, 2.24) is 10.2 Å². The molecule has 0 amide bonds. The molecule has 0 aliphatic carbocycles. The first-order valence-electron chi connectivity index (χ1n) is 10.3. The Morgan fingerprint density at radius 3 is 2.56 bits per heavy atom. The number of alkyl halides is 2. The summed E-state index contributed by atoms with van der Waals surface area (Å²) in [6.45, 7) is -0.743. The summed E-state index contributed by atoms with van der Waals surface area (Å²) in [5, 5.41) is 12.9. The second-order valence-corrected chi connectivity index (χ2v) is 7.90. The number of hydrogen-bond donors (Lipinski definition) is 1. The maximum absolute atomic E-state index is 13.0. The molecule has 0 fully saturated rings. The quantitative estimate of drug-likeness (QED) is 0.308. The summed E-state index contributed by atoms with van der Waals surface area (Å²) in [6, 6.07) is 14.1. The molecule has 0 aliphatic heterocycles. The van der Waals surface area contributed by atoms with E-state index < -0.39 is 6.61 Å². The molecule has 9 heteroatoms. The molecular weight excluding hydrogens is 464 g/mol. The number of methoxy groups -OCH3 is 2. The average molecular weight is 486 g/mol. The van der Waals surface area contributed by atoms with Crippen LogP contribution in [-0.4, -0.2) is 31.0 Å². The molecule has 0 saturated carbocycles. The van der Waals surface area contributed by atoms with Crippen molar-refractivity contribution in [3.8, 4) is 28.4 Å². The molecule has 176 valence electrons. The van der Waals surface area contributed by atoms with Gasteiger partial charge >= 0.3 is 6.61 Å². The number of ether oxygens (including phenoxy) is 3. The van der Waals surface area contributed by atoms with E-state index in [0.29, 0.717) is 45.3 Å². The second-order valence-electron chi connectivity index (χ2n) is 7.50. The van der Waals surface area contributed by atoms with Crippen LogP contribution in [0.3, 0.4) is 0 Å². The van der Waals surface area contributed by atoms with Crippen molar-refractivity contribution in [3.63, 3.8) is 0 Å². The molecule has 4 aromatic rings. The van der Waals surface area contributed by atoms with Gasteiger partial charge in [0.05, 0.1) is 31.6 Å². The molecule has 0 radical (unpaired) electrons. The zero-order valence-corrected chi connectivity index (χ0v) is 19.5. The fraction of sp³-hybridized carbons (Fsp3) is 0.200. The van der Waals surface area contributed by atoms with Crippen LogP contribution in [0.25, 0.3) is 22.0 Å². The topological polar surface area (TPSA) is 65.5 Å². The molecule has 0 aliphatic rings. The zero-order chi connectivity index (χ0) is 24.2. The number of anilines is 1. The van der Waals surface area contributed by atoms with Crippen LogP contribution in [0, 0.1) is 6.92 Å². The molecular formula is C25H22ClF2N3O3. The van der Waals surface area contributed by atoms with E-state index in [-0.39, 0.29) is 5.75 Å². The Bertz CT molecular complexity index is 1330. The molecule has 6 nitrogen and oxygen atoms in total. The number of nitrogens with zero attached hydrogens (tertiary/aromatic N) is 2. The van der Waals surface area contributed by atoms with Crippen LogP contribution >= 0.6 is 11.6 Å². The summed E-state index contributed by atoms with van der Waals surface area (Å²) in [7, 11) is 3.20. The van der Waals surface area contributed by atoms with Crippen molar-refractivity contribution < 1.29 is 23.0 Å². The van der Waals surface area contributed by atoms with Crippen molar-refractivity contribution in [2.45, 2.75) is 20.1 Å². The monoisotopic (exact) mass is 485 g/mol. The van der Waals surface area contributed by atoms with Gasteiger partial charge in [-0.25, -0.2) is 0 Å². The smallest absolute Gasteiger partial charge is 0.387 e. The van der Waals surface area contributed by atoms with E-state index >= 15 is 0 Å². The van der Waals surface area contributed by atoms with Gasteiger partial charge in [0.25, 0.3) is 0 Å². The lowest BCUT2D eigenvalue weighted by atomic mass is 10.0. The first kappa shape index (κ1) is 23.5. The summed E-state index contributed by atoms with van der Waals surface area (Å²) >= 11 is 6.26. The number of hydrogen-bond acceptors (Lipinski definition) is 6. The Morgan fingerprint density at radius 2 is 1.82 bits per heavy atom. The van der Waals surface area contributed by atoms with Crippen LogP contribution in [0.1, 0.15) is 11.1 Å². The fourth-order valence-electron chi connectivity index (χ4n) is 3.63. The molecule has 34 heavy (non-hydrogen) atoms. The number of fused-ring (bicyclic) bond motifs is 1. The summed E-state index contributed by atoms with van der Waals surface area (Å²) < 4.78 is 41.4. The third-order valence-electron chi connectivity index (χ3n) is 5.39. The van der Waals surface area contributed by atoms with Crippen LogP contribution in [0.5, 0.6) is 17.2 Å². The van der Waals surface area contributed by atoms with Gasteiger partial charge in [0.15, 0.2) is 0 Å². The molecule has 0 atom stereocenters. The molecule has 1 aromatic heterocycles. The molecule has 1 N–H and O–H groups in total. The van der Waals surface area contributed by atoms with Gasteiger partial charge in [-0.05, 0) is 54.4 Å². The number of rotatable bonds is 8. The highest BCUT2D eigenvalue weighted by Crippen LogP contribution is 2.37. The van der Waals surface area contributed by atoms with Crippen molar-refractivity contribution in [2.24, 2.45) is 0 Å². The van der Waals surface area contributed by atoms with Crippen LogP contribution in [0.2, 0.25) is 5.02 Å². The molecule has 0 saturated heterocycles. The van der Waals surface area contributed by atoms with Gasteiger partial charge in [0.2, 0.25) is 0 Å². The second kappa shape index (κ2) is 10.1. The van der Waals surface area contributed by atoms with Gasteiger partial charge in [-0.15, -0.1) is 0 Å². The van der Waals surface area contributed by atoms with Gasteiger partial charge in [0.1, 0.15) is 17.2 Å². The van der Waals surface area contributed by atoms with Crippen LogP contribution < -0.4 is 19.5 Å². The summed E-state index contributed by atoms with van der Waals surface area (Å²) in [4.78, 5) is 0. The molecule has 1 heterocycles. The van der Waals surface area contributed by atoms with Crippen molar-refractivity contribution >= 4 is 28.2 Å². The van der Waals surface area contributed by atoms with E-state index in [0.717, 1.165) is 16.6 Å². The van der Waals surface area contributed by atoms with Crippen LogP contribution in [0.15, 0.2) is 54.7 Å². The number of nitrogens with one attached hydrogen (secondary N) is 1. The summed E-state index contributed by atoms with van der Waals surface area (Å²) in [6.07, 6.45) is 1.63. The maximum Gasteiger partial charge on any atom is 0.387 e. The van der Waals surface area contributed by atoms with Gasteiger partial charge in [-0.1, -0.05) is 17.7 Å². The Hall–Kier alpha value is -3.65. The van der Waals surface area contributed by atoms with E-state index in [1.165, 1.54) is 6.07 Å². The lowest BCUT2D eigenvalue weighted by Gasteiger charge is -2.15. The molecule has 0 bridgehead atoms. The SMILES string of the molecule is COc1ccc(CNc2cnnc3cc(-c4cc(Cl)c(C)cc4OC(F)F)ccc23)c(OC)c1. The van der Waals surface area contributed by atoms with Crippen LogP contribution in [0.4, 0.5) is 14.5 Å². The van der Waals surface area contributed by atoms with Crippen molar-refractivity contribution in [2.75, 3.05) is 19.5 Å². The fourth-order valence-corrected chi connectivity index (χ4v) is 3.80. The van der Waals surface area contributed by atoms with Crippen molar-refractivity contribution in [3.05, 3.63) is 70.9 Å². The Kier molecular flexibility index (Phi) is 6.98. The highest BCUT2D eigenvalue weighted by Gasteiger charge is 2.15. The molecule has 3 aromatic carbocycles. The minimum absolute atomic E-state index is 0.0464. The molecule has 0 spiro atoms. The third kappa shape index (κ3) is 4.97. The standard InChI is InChI=1S/C25H22ClF2N3O3/c1-14-8-24(34-25(27)28)19(11-20(14)26)15-5-7-18-21(9-15)31-30-13-22(18)29-12-16-4-6-17(32-2)10-23(16)33-3/h4-11,13,25H,12H2,1-3H3,(H,29,31). The van der Waals surface area contributed by atoms with Crippen molar-refractivity contribution in [1.29, 1.82) is 0 Å². The normalized spacial score (nSPS) is 11.0. The lowest BCUT2D eigenvalue weighted by Crippen LogP contribution is -2.04. The lowest BCUT2D eigenvalue weighted by molar-refractivity contribution is -0.0494. The first-order chi connectivity index (χ1) is 16.4. The van der Waals surface area contributed by atoms with E-state index in [1.807, 2.05) is 30.3 Å². The summed E-state index contributed by atoms with van der Waals surface area (Å²) in [5.74, 6) is 1.45. The predicted octanol–water partition coefficient (Wildman–Crippen LogP) is 6.49. The van der Waals surface area contributed by atoms with E-state index in [4.69, 9.17) is 25.8 Å². The Morgan fingerprint density at radius 1 is 1.00 bits per heavy atom. The van der Waals surface area contributed by atoms with Gasteiger partial charge in [-0.3, -0.25) is 0 Å². The molecule has 0 unspecified atom stereocenters. The predicted molar refractivity (Wildman–Crippen MR) is 128 cm³/mol. The van der Waals surface area contributed by atoms with E-state index in [9.17, 15) is 8.78 Å². The average Bonchev–Trinajstić information content (AvgIpc) is 2.84. The molecule has 4 rings (SSSR count). The highest BCUT2D eigenvalue weighted by molar-refractivity contribution is 6.31. The van der Waals surface area contributed by atoms with Crippen LogP contribution in [-0.2, 0) is 6.54 Å². The van der Waals surface area contributed by atoms with E-state index in [1.54, 1.807) is 39.5 Å². The van der Waals surface area contributed by atoms with Gasteiger partial charge in [-0.2, -0.15) is 19.0 Å². The minimum Gasteiger partial charge on any atom is -0.497 e. The van der Waals surface area contributed by atoms with E-state index in [2.05, 4.69) is 15.5 Å². The third-order valence-corrected chi connectivity index (χ3v) is 5.80. The first-order valence-corrected chi connectivity index (χ1v) is 10.7. The number of aromatic nitrogens is 2. The Balaban J connectivity index is 1.66.